The quantitative estimate of drug-likeness (QED) is 0.368. The molecule has 0 heterocycles. The summed E-state index contributed by atoms with van der Waals surface area (Å²) in [5, 5.41) is 12.8. The summed E-state index contributed by atoms with van der Waals surface area (Å²) in [6, 6.07) is 0.0767. The van der Waals surface area contributed by atoms with Gasteiger partial charge in [0.1, 0.15) is 0 Å². The second-order valence-corrected chi connectivity index (χ2v) is 3.47. The first-order valence-corrected chi connectivity index (χ1v) is 4.71. The van der Waals surface area contributed by atoms with Gasteiger partial charge in [0.2, 0.25) is 5.75 Å². The van der Waals surface area contributed by atoms with E-state index < -0.39 is 39.7 Å². The summed E-state index contributed by atoms with van der Waals surface area (Å²) >= 11 is 0. The normalized spacial score (nSPS) is 12.1. The van der Waals surface area contributed by atoms with Crippen molar-refractivity contribution in [1.29, 1.82) is 0 Å². The molecule has 0 spiro atoms. The van der Waals surface area contributed by atoms with Gasteiger partial charge in [-0.1, -0.05) is 0 Å². The summed E-state index contributed by atoms with van der Waals surface area (Å²) < 4.78 is 67.3. The molecule has 0 saturated carbocycles. The molecule has 0 saturated heterocycles. The molecule has 11 heteroatoms. The summed E-state index contributed by atoms with van der Waals surface area (Å²) in [4.78, 5) is 19.8. The molecular weight excluding hydrogens is 295 g/mol. The number of alkyl halides is 5. The Bertz CT molecular complexity index is 558. The van der Waals surface area contributed by atoms with E-state index in [4.69, 9.17) is 0 Å². The van der Waals surface area contributed by atoms with Crippen molar-refractivity contribution in [3.8, 4) is 5.75 Å². The Morgan fingerprint density at radius 3 is 2.15 bits per heavy atom. The van der Waals surface area contributed by atoms with E-state index in [2.05, 4.69) is 9.91 Å². The third kappa shape index (κ3) is 2.51. The van der Waals surface area contributed by atoms with Gasteiger partial charge in [-0.3, -0.25) is 10.1 Å². The summed E-state index contributed by atoms with van der Waals surface area (Å²) in [6.45, 7) is 0. The lowest BCUT2D eigenvalue weighted by Gasteiger charge is -2.20. The van der Waals surface area contributed by atoms with Gasteiger partial charge < -0.3 is 4.74 Å². The monoisotopic (exact) mass is 300 g/mol. The van der Waals surface area contributed by atoms with Gasteiger partial charge in [0, 0.05) is 11.6 Å². The van der Waals surface area contributed by atoms with Gasteiger partial charge in [-0.15, -0.1) is 4.91 Å². The van der Waals surface area contributed by atoms with E-state index in [1.807, 2.05) is 0 Å². The average molecular weight is 300 g/mol. The Balaban J connectivity index is 3.64. The largest absolute Gasteiger partial charge is 0.489 e. The summed E-state index contributed by atoms with van der Waals surface area (Å²) in [7, 11) is 0.874. The third-order valence-corrected chi connectivity index (χ3v) is 2.27. The molecule has 0 atom stereocenters. The number of ether oxygens (including phenoxy) is 1. The minimum atomic E-state index is -5.98. The molecule has 1 rings (SSSR count). The Kier molecular flexibility index (Phi) is 3.92. The van der Waals surface area contributed by atoms with Gasteiger partial charge in [-0.05, 0) is 11.2 Å². The molecule has 0 aliphatic carbocycles. The zero-order valence-corrected chi connectivity index (χ0v) is 9.57. The van der Waals surface area contributed by atoms with E-state index >= 15 is 0 Å². The Morgan fingerprint density at radius 1 is 1.25 bits per heavy atom. The lowest BCUT2D eigenvalue weighted by Crippen LogP contribution is -2.33. The molecule has 0 radical (unpaired) electrons. The molecule has 0 unspecified atom stereocenters. The maximum atomic E-state index is 13.1. The number of hydrogen-bond donors (Lipinski definition) is 0. The fourth-order valence-corrected chi connectivity index (χ4v) is 1.36. The average Bonchev–Trinajstić information content (AvgIpc) is 2.35. The van der Waals surface area contributed by atoms with Crippen molar-refractivity contribution in [2.45, 2.75) is 12.1 Å². The first-order chi connectivity index (χ1) is 9.06. The zero-order valence-electron chi connectivity index (χ0n) is 9.57. The number of methoxy groups -OCH3 is 1. The van der Waals surface area contributed by atoms with Gasteiger partial charge in [-0.25, -0.2) is 0 Å². The Morgan fingerprint density at radius 2 is 1.80 bits per heavy atom. The van der Waals surface area contributed by atoms with Crippen LogP contribution in [-0.2, 0) is 5.92 Å². The van der Waals surface area contributed by atoms with Crippen LogP contribution in [0.4, 0.5) is 33.3 Å². The number of benzene rings is 1. The van der Waals surface area contributed by atoms with Crippen molar-refractivity contribution >= 4 is 11.4 Å². The lowest BCUT2D eigenvalue weighted by molar-refractivity contribution is -0.386. The van der Waals surface area contributed by atoms with Gasteiger partial charge in [0.25, 0.3) is 0 Å². The molecular formula is C9H5F5N2O4. The molecule has 0 aliphatic heterocycles. The smallest absolute Gasteiger partial charge is 0.458 e. The number of nitroso groups, excluding NO2 is 1. The molecule has 0 amide bonds. The minimum Gasteiger partial charge on any atom is -0.489 e. The highest BCUT2D eigenvalue weighted by Crippen LogP contribution is 2.48. The maximum absolute atomic E-state index is 13.1. The second-order valence-electron chi connectivity index (χ2n) is 3.47. The van der Waals surface area contributed by atoms with Crippen LogP contribution < -0.4 is 4.74 Å². The van der Waals surface area contributed by atoms with Crippen molar-refractivity contribution in [3.63, 3.8) is 0 Å². The van der Waals surface area contributed by atoms with Gasteiger partial charge in [-0.2, -0.15) is 22.0 Å². The molecule has 0 aliphatic rings. The SMILES string of the molecule is COc1c(N=O)cc(C(F)(F)C(F)(F)F)cc1[N+](=O)[O-]. The van der Waals surface area contributed by atoms with E-state index in [0.29, 0.717) is 0 Å². The van der Waals surface area contributed by atoms with Crippen LogP contribution in [0.3, 0.4) is 0 Å². The molecule has 6 nitrogen and oxygen atoms in total. The molecule has 0 aromatic heterocycles. The summed E-state index contributed by atoms with van der Waals surface area (Å²) in [5.41, 5.74) is -4.02. The molecule has 20 heavy (non-hydrogen) atoms. The van der Waals surface area contributed by atoms with Crippen LogP contribution >= 0.6 is 0 Å². The molecule has 0 N–H and O–H groups in total. The fourth-order valence-electron chi connectivity index (χ4n) is 1.36. The fraction of sp³-hybridized carbons (Fsp3) is 0.333. The maximum Gasteiger partial charge on any atom is 0.458 e. The van der Waals surface area contributed by atoms with Gasteiger partial charge in [0.05, 0.1) is 12.0 Å². The van der Waals surface area contributed by atoms with Crippen molar-refractivity contribution in [2.75, 3.05) is 7.11 Å². The van der Waals surface area contributed by atoms with Gasteiger partial charge in [0.15, 0.2) is 5.69 Å². The van der Waals surface area contributed by atoms with Crippen molar-refractivity contribution in [3.05, 3.63) is 32.7 Å². The first kappa shape index (κ1) is 15.7. The Hall–Kier alpha value is -2.33. The Labute approximate surface area is 107 Å². The van der Waals surface area contributed by atoms with E-state index in [-0.39, 0.29) is 12.1 Å². The standard InChI is InChI=1S/C9H5F5N2O4/c1-20-7-5(15-17)2-4(3-6(7)16(18)19)8(10,11)9(12,13)14/h2-3H,1H3. The number of nitro groups is 1. The number of nitro benzene ring substituents is 1. The number of hydrogen-bond acceptors (Lipinski definition) is 5. The van der Waals surface area contributed by atoms with Crippen LogP contribution in [0, 0.1) is 15.0 Å². The van der Waals surface area contributed by atoms with Crippen LogP contribution in [0.15, 0.2) is 17.3 Å². The molecule has 1 aromatic rings. The molecule has 1 aromatic carbocycles. The van der Waals surface area contributed by atoms with Crippen LogP contribution in [-0.4, -0.2) is 18.2 Å². The number of nitrogens with zero attached hydrogens (tertiary/aromatic N) is 2. The highest BCUT2D eigenvalue weighted by Gasteiger charge is 2.59. The predicted octanol–water partition coefficient (Wildman–Crippen LogP) is 3.66. The molecule has 0 fully saturated rings. The van der Waals surface area contributed by atoms with Crippen LogP contribution in [0.25, 0.3) is 0 Å². The lowest BCUT2D eigenvalue weighted by atomic mass is 10.1. The highest BCUT2D eigenvalue weighted by molar-refractivity contribution is 5.65. The zero-order chi connectivity index (χ0) is 15.7. The van der Waals surface area contributed by atoms with Crippen molar-refractivity contribution in [1.82, 2.24) is 0 Å². The topological polar surface area (TPSA) is 81.8 Å². The predicted molar refractivity (Wildman–Crippen MR) is 55.1 cm³/mol. The summed E-state index contributed by atoms with van der Waals surface area (Å²) in [5.74, 6) is -6.17. The van der Waals surface area contributed by atoms with Crippen molar-refractivity contribution in [2.24, 2.45) is 5.18 Å². The molecule has 0 bridgehead atoms. The van der Waals surface area contributed by atoms with E-state index in [9.17, 15) is 37.0 Å². The van der Waals surface area contributed by atoms with E-state index in [0.717, 1.165) is 7.11 Å². The second kappa shape index (κ2) is 4.98. The minimum absolute atomic E-state index is 0.0129. The van der Waals surface area contributed by atoms with Crippen LogP contribution in [0.5, 0.6) is 5.75 Å². The summed E-state index contributed by atoms with van der Waals surface area (Å²) in [6.07, 6.45) is -5.98. The highest BCUT2D eigenvalue weighted by atomic mass is 19.4. The first-order valence-electron chi connectivity index (χ1n) is 4.71. The molecule has 110 valence electrons. The number of rotatable bonds is 4. The van der Waals surface area contributed by atoms with Gasteiger partial charge >= 0.3 is 17.8 Å². The van der Waals surface area contributed by atoms with Crippen LogP contribution in [0.1, 0.15) is 5.56 Å². The number of halogens is 5. The third-order valence-electron chi connectivity index (χ3n) is 2.27. The van der Waals surface area contributed by atoms with Crippen molar-refractivity contribution < 1.29 is 31.6 Å². The van der Waals surface area contributed by atoms with E-state index in [1.54, 1.807) is 0 Å². The van der Waals surface area contributed by atoms with Crippen LogP contribution in [0.2, 0.25) is 0 Å². The van der Waals surface area contributed by atoms with E-state index in [1.165, 1.54) is 0 Å².